The predicted molar refractivity (Wildman–Crippen MR) is 79.3 cm³/mol. The van der Waals surface area contributed by atoms with E-state index >= 15 is 0 Å². The van der Waals surface area contributed by atoms with Gasteiger partial charge in [-0.15, -0.1) is 0 Å². The van der Waals surface area contributed by atoms with Crippen LogP contribution in [0.1, 0.15) is 30.1 Å². The Hall–Kier alpha value is -1.75. The molecule has 2 rings (SSSR count). The van der Waals surface area contributed by atoms with E-state index in [9.17, 15) is 9.59 Å². The van der Waals surface area contributed by atoms with Crippen LogP contribution < -0.4 is 9.47 Å². The van der Waals surface area contributed by atoms with Gasteiger partial charge in [0.25, 0.3) is 5.91 Å². The molecule has 1 aromatic rings. The molecule has 1 aliphatic rings. The third kappa shape index (κ3) is 3.47. The van der Waals surface area contributed by atoms with Crippen molar-refractivity contribution in [2.45, 2.75) is 25.9 Å². The minimum atomic E-state index is -0.683. The monoisotopic (exact) mass is 311 g/mol. The number of halogens is 1. The van der Waals surface area contributed by atoms with Gasteiger partial charge in [0.05, 0.1) is 12.7 Å². The summed E-state index contributed by atoms with van der Waals surface area (Å²) >= 11 is 5.91. The minimum absolute atomic E-state index is 0.0821. The molecule has 1 heterocycles. The van der Waals surface area contributed by atoms with E-state index in [-0.39, 0.29) is 17.2 Å². The maximum absolute atomic E-state index is 12.3. The molecule has 1 saturated heterocycles. The van der Waals surface area contributed by atoms with Crippen molar-refractivity contribution in [3.63, 3.8) is 0 Å². The van der Waals surface area contributed by atoms with E-state index in [0.717, 1.165) is 25.9 Å². The Bertz CT molecular complexity index is 541. The van der Waals surface area contributed by atoms with Crippen LogP contribution in [0.3, 0.4) is 0 Å². The molecule has 1 fully saturated rings. The van der Waals surface area contributed by atoms with Crippen molar-refractivity contribution in [2.75, 3.05) is 20.2 Å². The van der Waals surface area contributed by atoms with Gasteiger partial charge in [0.15, 0.2) is 23.9 Å². The first-order chi connectivity index (χ1) is 10.1. The zero-order valence-electron chi connectivity index (χ0n) is 12.1. The lowest BCUT2D eigenvalue weighted by Crippen LogP contribution is -2.38. The van der Waals surface area contributed by atoms with Gasteiger partial charge in [0.1, 0.15) is 0 Å². The molecule has 0 aliphatic carbocycles. The molecular formula is C15H18ClNO4. The second kappa shape index (κ2) is 6.80. The largest absolute Gasteiger partial charge is 0.493 e. The minimum Gasteiger partial charge on any atom is -0.493 e. The smallest absolute Gasteiger partial charge is 0.263 e. The number of methoxy groups -OCH3 is 1. The van der Waals surface area contributed by atoms with Crippen LogP contribution in [0.25, 0.3) is 0 Å². The van der Waals surface area contributed by atoms with E-state index in [1.807, 2.05) is 0 Å². The molecule has 1 atom stereocenters. The number of aldehydes is 1. The van der Waals surface area contributed by atoms with Crippen LogP contribution in [0.15, 0.2) is 12.1 Å². The lowest BCUT2D eigenvalue weighted by atomic mass is 10.2. The summed E-state index contributed by atoms with van der Waals surface area (Å²) in [5, 5.41) is 0.375. The Morgan fingerprint density at radius 1 is 1.38 bits per heavy atom. The Balaban J connectivity index is 2.21. The molecule has 1 unspecified atom stereocenters. The summed E-state index contributed by atoms with van der Waals surface area (Å²) in [5.74, 6) is 0.504. The number of amides is 1. The van der Waals surface area contributed by atoms with E-state index < -0.39 is 6.10 Å². The van der Waals surface area contributed by atoms with Gasteiger partial charge >= 0.3 is 0 Å². The van der Waals surface area contributed by atoms with E-state index in [0.29, 0.717) is 17.1 Å². The van der Waals surface area contributed by atoms with Gasteiger partial charge in [0.2, 0.25) is 0 Å². The van der Waals surface area contributed by atoms with Crippen molar-refractivity contribution in [1.29, 1.82) is 0 Å². The molecule has 5 nitrogen and oxygen atoms in total. The summed E-state index contributed by atoms with van der Waals surface area (Å²) in [5.41, 5.74) is 0.264. The highest BCUT2D eigenvalue weighted by Gasteiger charge is 2.26. The second-order valence-corrected chi connectivity index (χ2v) is 5.37. The average Bonchev–Trinajstić information content (AvgIpc) is 3.01. The molecule has 114 valence electrons. The topological polar surface area (TPSA) is 55.8 Å². The van der Waals surface area contributed by atoms with Gasteiger partial charge < -0.3 is 14.4 Å². The molecule has 1 aromatic carbocycles. The van der Waals surface area contributed by atoms with Crippen LogP contribution >= 0.6 is 11.6 Å². The average molecular weight is 312 g/mol. The van der Waals surface area contributed by atoms with Gasteiger partial charge in [0, 0.05) is 24.2 Å². The SMILES string of the molecule is COc1cc(Cl)cc(C=O)c1OC(C)C(=O)N1CCCC1. The standard InChI is InChI=1S/C15H18ClNO4/c1-10(15(19)17-5-3-4-6-17)21-14-11(9-18)7-12(16)8-13(14)20-2/h7-10H,3-6H2,1-2H3. The Kier molecular flexibility index (Phi) is 5.07. The van der Waals surface area contributed by atoms with Crippen molar-refractivity contribution >= 4 is 23.8 Å². The maximum atomic E-state index is 12.3. The highest BCUT2D eigenvalue weighted by molar-refractivity contribution is 6.31. The third-order valence-electron chi connectivity index (χ3n) is 3.46. The van der Waals surface area contributed by atoms with Crippen LogP contribution in [0, 0.1) is 0 Å². The van der Waals surface area contributed by atoms with Crippen molar-refractivity contribution in [1.82, 2.24) is 4.90 Å². The van der Waals surface area contributed by atoms with Crippen LogP contribution in [-0.2, 0) is 4.79 Å². The third-order valence-corrected chi connectivity index (χ3v) is 3.67. The van der Waals surface area contributed by atoms with Crippen molar-refractivity contribution in [3.8, 4) is 11.5 Å². The summed E-state index contributed by atoms with van der Waals surface area (Å²) < 4.78 is 10.9. The Morgan fingerprint density at radius 3 is 2.62 bits per heavy atom. The zero-order chi connectivity index (χ0) is 15.4. The van der Waals surface area contributed by atoms with Crippen LogP contribution in [0.5, 0.6) is 11.5 Å². The Morgan fingerprint density at radius 2 is 2.05 bits per heavy atom. The number of carbonyl (C=O) groups is 2. The first-order valence-corrected chi connectivity index (χ1v) is 7.22. The fraction of sp³-hybridized carbons (Fsp3) is 0.467. The number of carbonyl (C=O) groups excluding carboxylic acids is 2. The van der Waals surface area contributed by atoms with E-state index in [2.05, 4.69) is 0 Å². The highest BCUT2D eigenvalue weighted by atomic mass is 35.5. The van der Waals surface area contributed by atoms with E-state index in [1.165, 1.54) is 13.2 Å². The molecule has 1 amide bonds. The summed E-state index contributed by atoms with van der Waals surface area (Å²) in [6.07, 6.45) is 1.98. The van der Waals surface area contributed by atoms with Gasteiger partial charge in [-0.25, -0.2) is 0 Å². The number of hydrogen-bond donors (Lipinski definition) is 0. The lowest BCUT2D eigenvalue weighted by molar-refractivity contribution is -0.136. The fourth-order valence-corrected chi connectivity index (χ4v) is 2.59. The molecule has 0 saturated carbocycles. The van der Waals surface area contributed by atoms with Gasteiger partial charge in [-0.3, -0.25) is 9.59 Å². The Labute approximate surface area is 128 Å². The summed E-state index contributed by atoms with van der Waals surface area (Å²) in [6.45, 7) is 3.18. The molecule has 1 aliphatic heterocycles. The number of benzene rings is 1. The fourth-order valence-electron chi connectivity index (χ4n) is 2.38. The predicted octanol–water partition coefficient (Wildman–Crippen LogP) is 2.55. The molecule has 0 aromatic heterocycles. The van der Waals surface area contributed by atoms with Crippen LogP contribution in [0.2, 0.25) is 5.02 Å². The zero-order valence-corrected chi connectivity index (χ0v) is 12.9. The molecular weight excluding hydrogens is 294 g/mol. The van der Waals surface area contributed by atoms with E-state index in [1.54, 1.807) is 17.9 Å². The summed E-state index contributed by atoms with van der Waals surface area (Å²) in [4.78, 5) is 25.2. The normalized spacial score (nSPS) is 15.7. The van der Waals surface area contributed by atoms with Crippen molar-refractivity contribution in [2.24, 2.45) is 0 Å². The summed E-state index contributed by atoms with van der Waals surface area (Å²) in [6, 6.07) is 3.04. The van der Waals surface area contributed by atoms with Crippen LogP contribution in [-0.4, -0.2) is 43.4 Å². The molecule has 21 heavy (non-hydrogen) atoms. The van der Waals surface area contributed by atoms with Crippen molar-refractivity contribution in [3.05, 3.63) is 22.7 Å². The van der Waals surface area contributed by atoms with Gasteiger partial charge in [-0.1, -0.05) is 11.6 Å². The number of nitrogens with zero attached hydrogens (tertiary/aromatic N) is 1. The van der Waals surface area contributed by atoms with Crippen molar-refractivity contribution < 1.29 is 19.1 Å². The lowest BCUT2D eigenvalue weighted by Gasteiger charge is -2.22. The number of rotatable bonds is 5. The molecule has 0 spiro atoms. The molecule has 6 heteroatoms. The van der Waals surface area contributed by atoms with Gasteiger partial charge in [-0.2, -0.15) is 0 Å². The first-order valence-electron chi connectivity index (χ1n) is 6.85. The van der Waals surface area contributed by atoms with Crippen LogP contribution in [0.4, 0.5) is 0 Å². The molecule has 0 bridgehead atoms. The highest BCUT2D eigenvalue weighted by Crippen LogP contribution is 2.34. The quantitative estimate of drug-likeness (QED) is 0.784. The number of likely N-dealkylation sites (tertiary alicyclic amines) is 1. The first kappa shape index (κ1) is 15.6. The number of hydrogen-bond acceptors (Lipinski definition) is 4. The summed E-state index contributed by atoms with van der Waals surface area (Å²) in [7, 11) is 1.46. The maximum Gasteiger partial charge on any atom is 0.263 e. The van der Waals surface area contributed by atoms with E-state index in [4.69, 9.17) is 21.1 Å². The second-order valence-electron chi connectivity index (χ2n) is 4.94. The number of ether oxygens (including phenoxy) is 2. The molecule has 0 N–H and O–H groups in total. The molecule has 0 radical (unpaired) electrons. The van der Waals surface area contributed by atoms with Gasteiger partial charge in [-0.05, 0) is 25.8 Å².